The SMILES string of the molecule is CN(C(=O)OC(C)(C)C)[C@@H]1CCN(c2cnc(C(=O)O)cn2)C1.[H-].[Li+]. The van der Waals surface area contributed by atoms with Crippen LogP contribution in [0, 0.1) is 0 Å². The van der Waals surface area contributed by atoms with Crippen LogP contribution >= 0.6 is 0 Å². The van der Waals surface area contributed by atoms with Gasteiger partial charge in [0, 0.05) is 20.1 Å². The van der Waals surface area contributed by atoms with Gasteiger partial charge >= 0.3 is 30.9 Å². The summed E-state index contributed by atoms with van der Waals surface area (Å²) in [6.45, 7) is 6.83. The fourth-order valence-electron chi connectivity index (χ4n) is 2.34. The van der Waals surface area contributed by atoms with Crippen LogP contribution in [0.5, 0.6) is 0 Å². The molecule has 0 unspecified atom stereocenters. The Morgan fingerprint density at radius 2 is 2.04 bits per heavy atom. The molecule has 0 bridgehead atoms. The zero-order chi connectivity index (χ0) is 17.2. The molecule has 9 heteroatoms. The van der Waals surface area contributed by atoms with Crippen LogP contribution in [0.1, 0.15) is 39.1 Å². The first-order chi connectivity index (χ1) is 10.7. The molecule has 0 spiro atoms. The summed E-state index contributed by atoms with van der Waals surface area (Å²) < 4.78 is 5.37. The molecular weight excluding hydrogens is 307 g/mol. The van der Waals surface area contributed by atoms with E-state index in [1.165, 1.54) is 12.4 Å². The summed E-state index contributed by atoms with van der Waals surface area (Å²) in [6.07, 6.45) is 3.12. The van der Waals surface area contributed by atoms with Crippen molar-refractivity contribution < 1.29 is 39.7 Å². The molecule has 1 atom stereocenters. The zero-order valence-electron chi connectivity index (χ0n) is 15.8. The second-order valence-corrected chi connectivity index (χ2v) is 6.54. The number of aromatic nitrogens is 2. The Kier molecular flexibility index (Phi) is 6.64. The smallest absolute Gasteiger partial charge is 1.00 e. The first-order valence-electron chi connectivity index (χ1n) is 7.43. The zero-order valence-corrected chi connectivity index (χ0v) is 14.8. The number of hydrogen-bond donors (Lipinski definition) is 1. The molecule has 24 heavy (non-hydrogen) atoms. The number of ether oxygens (including phenoxy) is 1. The Labute approximate surface area is 154 Å². The summed E-state index contributed by atoms with van der Waals surface area (Å²) in [7, 11) is 1.72. The Morgan fingerprint density at radius 3 is 2.54 bits per heavy atom. The molecule has 128 valence electrons. The van der Waals surface area contributed by atoms with Gasteiger partial charge in [-0.1, -0.05) is 0 Å². The monoisotopic (exact) mass is 330 g/mol. The number of carbonyl (C=O) groups is 2. The minimum Gasteiger partial charge on any atom is -1.00 e. The van der Waals surface area contributed by atoms with Crippen LogP contribution < -0.4 is 23.8 Å². The number of anilines is 1. The third-order valence-electron chi connectivity index (χ3n) is 3.57. The number of aromatic carboxylic acids is 1. The fraction of sp³-hybridized carbons (Fsp3) is 0.600. The molecule has 0 radical (unpaired) electrons. The van der Waals surface area contributed by atoms with Crippen LogP contribution in [0.3, 0.4) is 0 Å². The maximum absolute atomic E-state index is 12.1. The van der Waals surface area contributed by atoms with Crippen molar-refractivity contribution in [1.29, 1.82) is 0 Å². The Hall–Kier alpha value is -1.78. The minimum atomic E-state index is -1.10. The van der Waals surface area contributed by atoms with Gasteiger partial charge in [0.1, 0.15) is 11.4 Å². The van der Waals surface area contributed by atoms with Crippen LogP contribution in [-0.2, 0) is 4.74 Å². The van der Waals surface area contributed by atoms with E-state index in [0.29, 0.717) is 12.4 Å². The topological polar surface area (TPSA) is 95.9 Å². The minimum absolute atomic E-state index is 0. The molecule has 0 saturated carbocycles. The molecule has 1 N–H and O–H groups in total. The number of rotatable bonds is 3. The fourth-order valence-corrected chi connectivity index (χ4v) is 2.34. The van der Waals surface area contributed by atoms with Crippen molar-refractivity contribution in [3.8, 4) is 0 Å². The summed E-state index contributed by atoms with van der Waals surface area (Å²) >= 11 is 0. The van der Waals surface area contributed by atoms with Crippen LogP contribution in [0.25, 0.3) is 0 Å². The average molecular weight is 330 g/mol. The molecule has 1 aliphatic heterocycles. The number of likely N-dealkylation sites (N-methyl/N-ethyl adjacent to an activating group) is 1. The summed E-state index contributed by atoms with van der Waals surface area (Å²) in [5, 5.41) is 8.84. The van der Waals surface area contributed by atoms with Gasteiger partial charge < -0.3 is 21.1 Å². The van der Waals surface area contributed by atoms with Crippen LogP contribution in [0.4, 0.5) is 10.6 Å². The summed E-state index contributed by atoms with van der Waals surface area (Å²) in [5.41, 5.74) is -0.614. The standard InChI is InChI=1S/C15H22N4O4.Li.H/c1-15(2,3)23-14(22)18(4)10-5-6-19(9-10)12-8-16-11(7-17-12)13(20)21;;/h7-8,10H,5-6,9H2,1-4H3,(H,20,21);;/q;+1;-1/t10-;;/m1../s1. The summed E-state index contributed by atoms with van der Waals surface area (Å²) in [4.78, 5) is 34.5. The van der Waals surface area contributed by atoms with Crippen molar-refractivity contribution >= 4 is 17.9 Å². The first kappa shape index (κ1) is 20.3. The Morgan fingerprint density at radius 1 is 1.38 bits per heavy atom. The van der Waals surface area contributed by atoms with Gasteiger partial charge in [-0.2, -0.15) is 0 Å². The first-order valence-corrected chi connectivity index (χ1v) is 7.43. The van der Waals surface area contributed by atoms with Gasteiger partial charge in [-0.05, 0) is 27.2 Å². The second kappa shape index (κ2) is 7.86. The van der Waals surface area contributed by atoms with Crippen molar-refractivity contribution in [3.63, 3.8) is 0 Å². The molecule has 2 heterocycles. The molecule has 1 aromatic rings. The van der Waals surface area contributed by atoms with E-state index in [-0.39, 0.29) is 38.1 Å². The number of hydrogen-bond acceptors (Lipinski definition) is 6. The van der Waals surface area contributed by atoms with E-state index < -0.39 is 11.6 Å². The van der Waals surface area contributed by atoms with Crippen molar-refractivity contribution in [2.45, 2.75) is 38.8 Å². The average Bonchev–Trinajstić information content (AvgIpc) is 2.94. The number of carbonyl (C=O) groups excluding carboxylic acids is 1. The van der Waals surface area contributed by atoms with Crippen molar-refractivity contribution in [2.24, 2.45) is 0 Å². The molecular formula is C15H23LiN4O4. The van der Waals surface area contributed by atoms with Crippen LogP contribution in [0.15, 0.2) is 12.4 Å². The quantitative estimate of drug-likeness (QED) is 0.691. The molecule has 1 aliphatic rings. The van der Waals surface area contributed by atoms with Crippen molar-refractivity contribution in [3.05, 3.63) is 18.1 Å². The number of carboxylic acid groups (broad SMARTS) is 1. The van der Waals surface area contributed by atoms with Gasteiger partial charge in [-0.3, -0.25) is 0 Å². The second-order valence-electron chi connectivity index (χ2n) is 6.54. The number of nitrogens with zero attached hydrogens (tertiary/aromatic N) is 4. The predicted octanol–water partition coefficient (Wildman–Crippen LogP) is -1.26. The number of carboxylic acids is 1. The van der Waals surface area contributed by atoms with Gasteiger partial charge in [0.15, 0.2) is 5.69 Å². The van der Waals surface area contributed by atoms with E-state index in [4.69, 9.17) is 9.84 Å². The van der Waals surface area contributed by atoms with Crippen LogP contribution in [-0.4, -0.2) is 63.8 Å². The molecule has 8 nitrogen and oxygen atoms in total. The normalized spacial score (nSPS) is 17.2. The van der Waals surface area contributed by atoms with Gasteiger partial charge in [-0.25, -0.2) is 19.6 Å². The maximum Gasteiger partial charge on any atom is 1.00 e. The third kappa shape index (κ3) is 5.11. The van der Waals surface area contributed by atoms with E-state index in [2.05, 4.69) is 9.97 Å². The van der Waals surface area contributed by atoms with E-state index >= 15 is 0 Å². The Balaban J connectivity index is 0.00000288. The molecule has 1 saturated heterocycles. The Bertz CT molecular complexity index is 594. The van der Waals surface area contributed by atoms with Gasteiger partial charge in [0.2, 0.25) is 0 Å². The van der Waals surface area contributed by atoms with Gasteiger partial charge in [0.05, 0.1) is 18.4 Å². The predicted molar refractivity (Wildman–Crippen MR) is 84.7 cm³/mol. The van der Waals surface area contributed by atoms with Gasteiger partial charge in [0.25, 0.3) is 0 Å². The molecule has 1 fully saturated rings. The maximum atomic E-state index is 12.1. The van der Waals surface area contributed by atoms with Crippen molar-refractivity contribution in [2.75, 3.05) is 25.0 Å². The van der Waals surface area contributed by atoms with E-state index in [0.717, 1.165) is 13.0 Å². The molecule has 0 aromatic carbocycles. The number of amides is 1. The van der Waals surface area contributed by atoms with Crippen molar-refractivity contribution in [1.82, 2.24) is 14.9 Å². The van der Waals surface area contributed by atoms with Gasteiger partial charge in [-0.15, -0.1) is 0 Å². The summed E-state index contributed by atoms with van der Waals surface area (Å²) in [5.74, 6) is -0.497. The largest absolute Gasteiger partial charge is 1.00 e. The summed E-state index contributed by atoms with van der Waals surface area (Å²) in [6, 6.07) is 0.0193. The van der Waals surface area contributed by atoms with E-state index in [1.54, 1.807) is 11.9 Å². The molecule has 1 aromatic heterocycles. The molecule has 2 rings (SSSR count). The van der Waals surface area contributed by atoms with Crippen LogP contribution in [0.2, 0.25) is 0 Å². The van der Waals surface area contributed by atoms with E-state index in [1.807, 2.05) is 25.7 Å². The van der Waals surface area contributed by atoms with E-state index in [9.17, 15) is 9.59 Å². The third-order valence-corrected chi connectivity index (χ3v) is 3.57. The molecule has 0 aliphatic carbocycles. The molecule has 1 amide bonds.